The van der Waals surface area contributed by atoms with Crippen LogP contribution in [0.3, 0.4) is 0 Å². The van der Waals surface area contributed by atoms with Gasteiger partial charge in [-0.05, 0) is 79.1 Å². The van der Waals surface area contributed by atoms with Crippen LogP contribution in [0.25, 0.3) is 16.9 Å². The smallest absolute Gasteiger partial charge is 0.243 e. The zero-order valence-electron chi connectivity index (χ0n) is 23.0. The van der Waals surface area contributed by atoms with Gasteiger partial charge in [0.1, 0.15) is 0 Å². The summed E-state index contributed by atoms with van der Waals surface area (Å²) in [5.74, 6) is -0.279. The lowest BCUT2D eigenvalue weighted by Gasteiger charge is -2.22. The SMILES string of the molecule is Cc1ccc(-n2cc(-c3ccc(Cl)cc3)nc2NC(=O)CN(Cc2ccccc2)S(=O)(=O)c2ccc(Cl)cc2)cc1C. The number of carbonyl (C=O) groups is 1. The van der Waals surface area contributed by atoms with Crippen LogP contribution in [0.15, 0.2) is 108 Å². The molecule has 214 valence electrons. The van der Waals surface area contributed by atoms with Crippen molar-refractivity contribution < 1.29 is 13.2 Å². The number of hydrogen-bond acceptors (Lipinski definition) is 4. The van der Waals surface area contributed by atoms with Crippen molar-refractivity contribution in [3.63, 3.8) is 0 Å². The highest BCUT2D eigenvalue weighted by Crippen LogP contribution is 2.27. The van der Waals surface area contributed by atoms with Crippen molar-refractivity contribution in [3.8, 4) is 16.9 Å². The highest BCUT2D eigenvalue weighted by Gasteiger charge is 2.28. The van der Waals surface area contributed by atoms with Crippen LogP contribution in [-0.2, 0) is 21.4 Å². The van der Waals surface area contributed by atoms with Crippen LogP contribution >= 0.6 is 23.2 Å². The van der Waals surface area contributed by atoms with Crippen molar-refractivity contribution in [2.75, 3.05) is 11.9 Å². The molecule has 0 unspecified atom stereocenters. The second-order valence-corrected chi connectivity index (χ2v) is 12.7. The third kappa shape index (κ3) is 6.74. The number of nitrogens with one attached hydrogen (secondary N) is 1. The number of aromatic nitrogens is 2. The van der Waals surface area contributed by atoms with Crippen LogP contribution in [0.4, 0.5) is 5.95 Å². The summed E-state index contributed by atoms with van der Waals surface area (Å²) in [4.78, 5) is 18.3. The van der Waals surface area contributed by atoms with Crippen molar-refractivity contribution in [2.45, 2.75) is 25.3 Å². The summed E-state index contributed by atoms with van der Waals surface area (Å²) >= 11 is 12.1. The van der Waals surface area contributed by atoms with Crippen molar-refractivity contribution in [3.05, 3.63) is 130 Å². The predicted octanol–water partition coefficient (Wildman–Crippen LogP) is 7.29. The number of carbonyl (C=O) groups excluding carboxylic acids is 1. The summed E-state index contributed by atoms with van der Waals surface area (Å²) in [6.07, 6.45) is 1.83. The number of sulfonamides is 1. The molecule has 0 aliphatic rings. The molecule has 0 aliphatic heterocycles. The highest BCUT2D eigenvalue weighted by molar-refractivity contribution is 7.89. The topological polar surface area (TPSA) is 84.3 Å². The van der Waals surface area contributed by atoms with Gasteiger partial charge in [0, 0.05) is 34.0 Å². The molecule has 0 radical (unpaired) electrons. The Balaban J connectivity index is 1.49. The zero-order valence-corrected chi connectivity index (χ0v) is 25.3. The first kappa shape index (κ1) is 29.5. The average Bonchev–Trinajstić information content (AvgIpc) is 3.38. The quantitative estimate of drug-likeness (QED) is 0.188. The minimum Gasteiger partial charge on any atom is -0.294 e. The Labute approximate surface area is 255 Å². The van der Waals surface area contributed by atoms with Crippen LogP contribution in [-0.4, -0.2) is 34.7 Å². The molecule has 0 saturated carbocycles. The molecule has 0 saturated heterocycles. The van der Waals surface area contributed by atoms with E-state index in [4.69, 9.17) is 28.2 Å². The van der Waals surface area contributed by atoms with Gasteiger partial charge < -0.3 is 0 Å². The van der Waals surface area contributed by atoms with Crippen molar-refractivity contribution in [1.29, 1.82) is 0 Å². The van der Waals surface area contributed by atoms with Gasteiger partial charge >= 0.3 is 0 Å². The summed E-state index contributed by atoms with van der Waals surface area (Å²) in [5.41, 5.74) is 5.19. The number of amides is 1. The normalized spacial score (nSPS) is 11.5. The summed E-state index contributed by atoms with van der Waals surface area (Å²) < 4.78 is 30.3. The minimum atomic E-state index is -4.04. The first-order valence-corrected chi connectivity index (χ1v) is 15.3. The van der Waals surface area contributed by atoms with Gasteiger partial charge in [-0.1, -0.05) is 71.7 Å². The summed E-state index contributed by atoms with van der Waals surface area (Å²) in [6, 6.07) is 28.2. The first-order valence-electron chi connectivity index (χ1n) is 13.1. The summed E-state index contributed by atoms with van der Waals surface area (Å²) in [7, 11) is -4.04. The van der Waals surface area contributed by atoms with E-state index in [-0.39, 0.29) is 17.4 Å². The fourth-order valence-electron chi connectivity index (χ4n) is 4.39. The number of imidazole rings is 1. The van der Waals surface area contributed by atoms with E-state index in [1.807, 2.05) is 80.7 Å². The molecule has 0 atom stereocenters. The molecule has 5 rings (SSSR count). The summed E-state index contributed by atoms with van der Waals surface area (Å²) in [6.45, 7) is 3.60. The average molecular weight is 620 g/mol. The lowest BCUT2D eigenvalue weighted by atomic mass is 10.1. The molecule has 42 heavy (non-hydrogen) atoms. The van der Waals surface area contributed by atoms with Gasteiger partial charge in [-0.3, -0.25) is 14.7 Å². The Hall–Kier alpha value is -3.95. The van der Waals surface area contributed by atoms with E-state index in [1.54, 1.807) is 16.7 Å². The maximum Gasteiger partial charge on any atom is 0.243 e. The van der Waals surface area contributed by atoms with Crippen LogP contribution in [0.5, 0.6) is 0 Å². The number of nitrogens with zero attached hydrogens (tertiary/aromatic N) is 3. The number of benzene rings is 4. The molecule has 5 aromatic rings. The van der Waals surface area contributed by atoms with Crippen molar-refractivity contribution >= 4 is 45.1 Å². The number of hydrogen-bond donors (Lipinski definition) is 1. The number of anilines is 1. The van der Waals surface area contributed by atoms with Crippen LogP contribution in [0.2, 0.25) is 10.0 Å². The molecule has 1 heterocycles. The molecule has 0 fully saturated rings. The molecule has 0 spiro atoms. The van der Waals surface area contributed by atoms with E-state index < -0.39 is 22.5 Å². The Morgan fingerprint density at radius 2 is 1.50 bits per heavy atom. The summed E-state index contributed by atoms with van der Waals surface area (Å²) in [5, 5.41) is 3.86. The molecule has 0 bridgehead atoms. The molecule has 0 aliphatic carbocycles. The largest absolute Gasteiger partial charge is 0.294 e. The maximum absolute atomic E-state index is 13.7. The van der Waals surface area contributed by atoms with Gasteiger partial charge in [0.05, 0.1) is 17.1 Å². The van der Waals surface area contributed by atoms with Crippen molar-refractivity contribution in [1.82, 2.24) is 13.9 Å². The molecule has 1 aromatic heterocycles. The van der Waals surface area contributed by atoms with Gasteiger partial charge in [0.15, 0.2) is 0 Å². The Kier molecular flexibility index (Phi) is 8.80. The molecule has 4 aromatic carbocycles. The zero-order chi connectivity index (χ0) is 29.9. The monoisotopic (exact) mass is 618 g/mol. The standard InChI is InChI=1S/C32H28Cl2N4O3S/c1-22-8-15-28(18-23(22)2)38-20-30(25-9-11-26(33)12-10-25)35-32(38)36-31(39)21-37(19-24-6-4-3-5-7-24)42(40,41)29-16-13-27(34)14-17-29/h3-18,20H,19,21H2,1-2H3,(H,35,36,39). The second-order valence-electron chi connectivity index (χ2n) is 9.86. The molecule has 1 amide bonds. The Morgan fingerprint density at radius 3 is 2.14 bits per heavy atom. The lowest BCUT2D eigenvalue weighted by molar-refractivity contribution is -0.116. The fourth-order valence-corrected chi connectivity index (χ4v) is 6.03. The maximum atomic E-state index is 13.7. The van der Waals surface area contributed by atoms with E-state index in [2.05, 4.69) is 5.32 Å². The number of halogens is 2. The first-order chi connectivity index (χ1) is 20.1. The van der Waals surface area contributed by atoms with Crippen LogP contribution in [0.1, 0.15) is 16.7 Å². The molecular weight excluding hydrogens is 591 g/mol. The lowest BCUT2D eigenvalue weighted by Crippen LogP contribution is -2.38. The van der Waals surface area contributed by atoms with Gasteiger partial charge in [0.25, 0.3) is 0 Å². The predicted molar refractivity (Wildman–Crippen MR) is 168 cm³/mol. The molecule has 1 N–H and O–H groups in total. The van der Waals surface area contributed by atoms with Crippen LogP contribution in [0, 0.1) is 13.8 Å². The van der Waals surface area contributed by atoms with E-state index in [1.165, 1.54) is 24.3 Å². The van der Waals surface area contributed by atoms with E-state index >= 15 is 0 Å². The minimum absolute atomic E-state index is 0.000835. The molecule has 7 nitrogen and oxygen atoms in total. The third-order valence-electron chi connectivity index (χ3n) is 6.84. The van der Waals surface area contributed by atoms with E-state index in [0.717, 1.165) is 32.2 Å². The number of aryl methyl sites for hydroxylation is 2. The highest BCUT2D eigenvalue weighted by atomic mass is 35.5. The molecular formula is C32H28Cl2N4O3S. The van der Waals surface area contributed by atoms with Gasteiger partial charge in [0.2, 0.25) is 21.9 Å². The van der Waals surface area contributed by atoms with Crippen molar-refractivity contribution in [2.24, 2.45) is 0 Å². The van der Waals surface area contributed by atoms with Crippen LogP contribution < -0.4 is 5.32 Å². The van der Waals surface area contributed by atoms with Gasteiger partial charge in [-0.25, -0.2) is 13.4 Å². The Bertz CT molecular complexity index is 1820. The van der Waals surface area contributed by atoms with E-state index in [9.17, 15) is 13.2 Å². The fraction of sp³-hybridized carbons (Fsp3) is 0.125. The number of rotatable bonds is 9. The Morgan fingerprint density at radius 1 is 0.857 bits per heavy atom. The van der Waals surface area contributed by atoms with Gasteiger partial charge in [-0.2, -0.15) is 4.31 Å². The third-order valence-corrected chi connectivity index (χ3v) is 9.15. The second kappa shape index (κ2) is 12.5. The van der Waals surface area contributed by atoms with Gasteiger partial charge in [-0.15, -0.1) is 0 Å². The van der Waals surface area contributed by atoms with E-state index in [0.29, 0.717) is 15.7 Å². The molecule has 10 heteroatoms.